The molecular formula is C11H10ClNO2. The molecule has 0 aliphatic heterocycles. The normalized spacial score (nSPS) is 10.5. The molecule has 2 rings (SSSR count). The Morgan fingerprint density at radius 3 is 3.07 bits per heavy atom. The third-order valence-electron chi connectivity index (χ3n) is 2.14. The Labute approximate surface area is 92.0 Å². The molecule has 1 aromatic carbocycles. The first-order valence-corrected chi connectivity index (χ1v) is 5.04. The molecule has 0 amide bonds. The van der Waals surface area contributed by atoms with E-state index in [9.17, 15) is 4.79 Å². The predicted molar refractivity (Wildman–Crippen MR) is 59.3 cm³/mol. The van der Waals surface area contributed by atoms with E-state index in [-0.39, 0.29) is 5.97 Å². The lowest BCUT2D eigenvalue weighted by Crippen LogP contribution is -2.05. The average Bonchev–Trinajstić information content (AvgIpc) is 2.63. The summed E-state index contributed by atoms with van der Waals surface area (Å²) in [6.07, 6.45) is 1.80. The van der Waals surface area contributed by atoms with Crippen molar-refractivity contribution in [3.05, 3.63) is 35.0 Å². The van der Waals surface area contributed by atoms with Crippen LogP contribution in [0.5, 0.6) is 0 Å². The van der Waals surface area contributed by atoms with Crippen molar-refractivity contribution in [2.24, 2.45) is 0 Å². The average molecular weight is 224 g/mol. The van der Waals surface area contributed by atoms with Gasteiger partial charge in [-0.05, 0) is 25.1 Å². The van der Waals surface area contributed by atoms with Crippen molar-refractivity contribution in [3.8, 4) is 0 Å². The third-order valence-corrected chi connectivity index (χ3v) is 2.45. The summed E-state index contributed by atoms with van der Waals surface area (Å²) in [6, 6.07) is 5.34. The minimum Gasteiger partial charge on any atom is -0.462 e. The van der Waals surface area contributed by atoms with Crippen molar-refractivity contribution in [2.75, 3.05) is 6.61 Å². The van der Waals surface area contributed by atoms with Gasteiger partial charge >= 0.3 is 5.97 Å². The molecule has 0 radical (unpaired) electrons. The highest BCUT2D eigenvalue weighted by Crippen LogP contribution is 2.23. The molecular weight excluding hydrogens is 214 g/mol. The predicted octanol–water partition coefficient (Wildman–Crippen LogP) is 3.00. The van der Waals surface area contributed by atoms with E-state index in [1.807, 2.05) is 6.07 Å². The summed E-state index contributed by atoms with van der Waals surface area (Å²) in [5.74, 6) is -0.384. The van der Waals surface area contributed by atoms with Gasteiger partial charge in [0.05, 0.1) is 17.2 Å². The fraction of sp³-hybridized carbons (Fsp3) is 0.182. The highest BCUT2D eigenvalue weighted by Gasteiger charge is 2.12. The number of nitrogens with one attached hydrogen (secondary N) is 1. The number of fused-ring (bicyclic) bond motifs is 1. The smallest absolute Gasteiger partial charge is 0.339 e. The van der Waals surface area contributed by atoms with Crippen molar-refractivity contribution in [2.45, 2.75) is 6.92 Å². The van der Waals surface area contributed by atoms with Gasteiger partial charge < -0.3 is 9.72 Å². The van der Waals surface area contributed by atoms with Crippen molar-refractivity contribution < 1.29 is 9.53 Å². The van der Waals surface area contributed by atoms with Crippen LogP contribution in [0.1, 0.15) is 17.3 Å². The molecule has 1 N–H and O–H groups in total. The molecule has 15 heavy (non-hydrogen) atoms. The number of halogens is 1. The van der Waals surface area contributed by atoms with Crippen LogP contribution in [-0.4, -0.2) is 17.6 Å². The number of carbonyl (C=O) groups is 1. The van der Waals surface area contributed by atoms with E-state index >= 15 is 0 Å². The van der Waals surface area contributed by atoms with Crippen LogP contribution >= 0.6 is 11.6 Å². The van der Waals surface area contributed by atoms with Crippen LogP contribution in [0, 0.1) is 0 Å². The Balaban J connectivity index is 2.50. The summed E-state index contributed by atoms with van der Waals surface area (Å²) >= 11 is 5.97. The van der Waals surface area contributed by atoms with E-state index in [0.717, 1.165) is 10.9 Å². The Morgan fingerprint density at radius 1 is 1.53 bits per heavy atom. The van der Waals surface area contributed by atoms with Crippen LogP contribution in [0.3, 0.4) is 0 Å². The maximum absolute atomic E-state index is 11.5. The molecule has 0 saturated heterocycles. The van der Waals surface area contributed by atoms with E-state index in [4.69, 9.17) is 16.3 Å². The van der Waals surface area contributed by atoms with E-state index in [1.54, 1.807) is 25.3 Å². The molecule has 0 bridgehead atoms. The lowest BCUT2D eigenvalue weighted by Gasteiger charge is -2.04. The Morgan fingerprint density at radius 2 is 2.33 bits per heavy atom. The number of rotatable bonds is 2. The molecule has 0 saturated carbocycles. The molecule has 2 aromatic rings. The van der Waals surface area contributed by atoms with Gasteiger partial charge in [0.1, 0.15) is 0 Å². The highest BCUT2D eigenvalue weighted by atomic mass is 35.5. The summed E-state index contributed by atoms with van der Waals surface area (Å²) < 4.78 is 4.90. The van der Waals surface area contributed by atoms with Gasteiger partial charge in [0, 0.05) is 17.1 Å². The van der Waals surface area contributed by atoms with Crippen LogP contribution in [0.2, 0.25) is 5.02 Å². The Hall–Kier alpha value is -1.48. The van der Waals surface area contributed by atoms with Gasteiger partial charge in [-0.1, -0.05) is 11.6 Å². The van der Waals surface area contributed by atoms with E-state index in [0.29, 0.717) is 17.2 Å². The number of aromatic amines is 1. The van der Waals surface area contributed by atoms with Crippen molar-refractivity contribution in [1.29, 1.82) is 0 Å². The van der Waals surface area contributed by atoms with E-state index in [1.165, 1.54) is 0 Å². The second kappa shape index (κ2) is 3.95. The molecule has 78 valence electrons. The lowest BCUT2D eigenvalue weighted by molar-refractivity contribution is 0.0527. The van der Waals surface area contributed by atoms with E-state index in [2.05, 4.69) is 4.98 Å². The molecule has 0 fully saturated rings. The quantitative estimate of drug-likeness (QED) is 0.796. The zero-order valence-corrected chi connectivity index (χ0v) is 8.97. The number of ether oxygens (including phenoxy) is 1. The van der Waals surface area contributed by atoms with E-state index < -0.39 is 0 Å². The minimum absolute atomic E-state index is 0.348. The zero-order valence-electron chi connectivity index (χ0n) is 8.21. The van der Waals surface area contributed by atoms with Gasteiger partial charge in [0.2, 0.25) is 0 Å². The number of hydrogen-bond acceptors (Lipinski definition) is 2. The number of esters is 1. The van der Waals surface area contributed by atoms with Gasteiger partial charge in [0.25, 0.3) is 0 Å². The standard InChI is InChI=1S/C11H10ClNO2/c1-2-15-11(14)8-5-7-3-4-13-10(7)6-9(8)12/h3-6,13H,2H2,1H3. The second-order valence-electron chi connectivity index (χ2n) is 3.12. The van der Waals surface area contributed by atoms with Crippen LogP contribution in [0.4, 0.5) is 0 Å². The first kappa shape index (κ1) is 10.1. The molecule has 0 atom stereocenters. The molecule has 0 spiro atoms. The molecule has 1 heterocycles. The summed E-state index contributed by atoms with van der Waals surface area (Å²) in [5.41, 5.74) is 1.32. The van der Waals surface area contributed by atoms with Gasteiger partial charge in [-0.15, -0.1) is 0 Å². The lowest BCUT2D eigenvalue weighted by atomic mass is 10.1. The fourth-order valence-corrected chi connectivity index (χ4v) is 1.68. The molecule has 0 aliphatic carbocycles. The molecule has 1 aromatic heterocycles. The van der Waals surface area contributed by atoms with Gasteiger partial charge in [-0.25, -0.2) is 4.79 Å². The number of aromatic nitrogens is 1. The number of H-pyrrole nitrogens is 1. The van der Waals surface area contributed by atoms with Crippen molar-refractivity contribution >= 4 is 28.5 Å². The van der Waals surface area contributed by atoms with Gasteiger partial charge in [-0.3, -0.25) is 0 Å². The first-order chi connectivity index (χ1) is 7.22. The van der Waals surface area contributed by atoms with Crippen LogP contribution in [0.15, 0.2) is 24.4 Å². The topological polar surface area (TPSA) is 42.1 Å². The van der Waals surface area contributed by atoms with Gasteiger partial charge in [0.15, 0.2) is 0 Å². The summed E-state index contributed by atoms with van der Waals surface area (Å²) in [5, 5.41) is 1.35. The second-order valence-corrected chi connectivity index (χ2v) is 3.52. The number of benzene rings is 1. The number of hydrogen-bond donors (Lipinski definition) is 1. The highest BCUT2D eigenvalue weighted by molar-refractivity contribution is 6.34. The zero-order chi connectivity index (χ0) is 10.8. The first-order valence-electron chi connectivity index (χ1n) is 4.66. The SMILES string of the molecule is CCOC(=O)c1cc2cc[nH]c2cc1Cl. The Kier molecular flexibility index (Phi) is 2.64. The summed E-state index contributed by atoms with van der Waals surface area (Å²) in [4.78, 5) is 14.5. The van der Waals surface area contributed by atoms with Crippen LogP contribution in [-0.2, 0) is 4.74 Å². The van der Waals surface area contributed by atoms with Crippen molar-refractivity contribution in [1.82, 2.24) is 4.98 Å². The monoisotopic (exact) mass is 223 g/mol. The summed E-state index contributed by atoms with van der Waals surface area (Å²) in [6.45, 7) is 2.11. The molecule has 0 aliphatic rings. The number of carbonyl (C=O) groups excluding carboxylic acids is 1. The fourth-order valence-electron chi connectivity index (χ4n) is 1.44. The molecule has 0 unspecified atom stereocenters. The van der Waals surface area contributed by atoms with Gasteiger partial charge in [-0.2, -0.15) is 0 Å². The third kappa shape index (κ3) is 1.83. The minimum atomic E-state index is -0.384. The van der Waals surface area contributed by atoms with Crippen LogP contribution in [0.25, 0.3) is 10.9 Å². The maximum Gasteiger partial charge on any atom is 0.339 e. The Bertz CT molecular complexity index is 504. The largest absolute Gasteiger partial charge is 0.462 e. The van der Waals surface area contributed by atoms with Crippen LogP contribution < -0.4 is 0 Å². The maximum atomic E-state index is 11.5. The molecule has 4 heteroatoms. The van der Waals surface area contributed by atoms with Crippen molar-refractivity contribution in [3.63, 3.8) is 0 Å². The summed E-state index contributed by atoms with van der Waals surface area (Å²) in [7, 11) is 0. The molecule has 3 nitrogen and oxygen atoms in total.